The number of hydrogen-bond donors (Lipinski definition) is 1. The first-order valence-electron chi connectivity index (χ1n) is 10.3. The second-order valence-corrected chi connectivity index (χ2v) is 10.3. The van der Waals surface area contributed by atoms with Crippen molar-refractivity contribution in [1.82, 2.24) is 19.5 Å². The lowest BCUT2D eigenvalue weighted by atomic mass is 9.98. The maximum atomic E-state index is 13.4. The lowest BCUT2D eigenvalue weighted by molar-refractivity contribution is -0.160. The van der Waals surface area contributed by atoms with E-state index in [1.165, 1.54) is 6.33 Å². The van der Waals surface area contributed by atoms with Crippen molar-refractivity contribution < 1.29 is 27.9 Å². The van der Waals surface area contributed by atoms with Gasteiger partial charge in [-0.3, -0.25) is 9.32 Å². The summed E-state index contributed by atoms with van der Waals surface area (Å²) >= 11 is 0. The van der Waals surface area contributed by atoms with Crippen molar-refractivity contribution in [3.63, 3.8) is 0 Å². The minimum atomic E-state index is -3.82. The van der Waals surface area contributed by atoms with Crippen LogP contribution in [0.5, 0.6) is 5.75 Å². The van der Waals surface area contributed by atoms with Gasteiger partial charge in [-0.15, -0.1) is 0 Å². The van der Waals surface area contributed by atoms with Crippen molar-refractivity contribution in [3.05, 3.63) is 43.0 Å². The van der Waals surface area contributed by atoms with E-state index in [2.05, 4.69) is 15.0 Å². The molecule has 0 radical (unpaired) electrons. The summed E-state index contributed by atoms with van der Waals surface area (Å²) in [6, 6.07) is 8.56. The molecule has 0 amide bonds. The number of nitrogens with two attached hydrogens (primary N) is 1. The molecule has 33 heavy (non-hydrogen) atoms. The van der Waals surface area contributed by atoms with E-state index in [1.54, 1.807) is 68.9 Å². The van der Waals surface area contributed by atoms with Crippen LogP contribution in [0.3, 0.4) is 0 Å². The van der Waals surface area contributed by atoms with Gasteiger partial charge in [-0.2, -0.15) is 0 Å². The quantitative estimate of drug-likeness (QED) is 0.261. The Morgan fingerprint density at radius 2 is 1.91 bits per heavy atom. The van der Waals surface area contributed by atoms with Crippen LogP contribution in [0.4, 0.5) is 5.82 Å². The molecule has 2 N–H and O–H groups in total. The van der Waals surface area contributed by atoms with E-state index in [-0.39, 0.29) is 12.2 Å². The number of imidazole rings is 1. The smallest absolute Gasteiger partial charge is 0.407 e. The second kappa shape index (κ2) is 10.3. The largest absolute Gasteiger partial charge is 0.438 e. The highest BCUT2D eigenvalue weighted by Gasteiger charge is 2.30. The third-order valence-electron chi connectivity index (χ3n) is 4.44. The number of benzene rings is 1. The minimum absolute atomic E-state index is 0.284. The number of anilines is 1. The summed E-state index contributed by atoms with van der Waals surface area (Å²) in [5.41, 5.74) is 6.15. The summed E-state index contributed by atoms with van der Waals surface area (Å²) in [4.78, 5) is 24.3. The molecule has 2 heterocycles. The molecule has 1 aromatic carbocycles. The van der Waals surface area contributed by atoms with E-state index in [4.69, 9.17) is 24.3 Å². The fourth-order valence-electron chi connectivity index (χ4n) is 2.69. The molecule has 2 atom stereocenters. The van der Waals surface area contributed by atoms with Crippen molar-refractivity contribution in [2.24, 2.45) is 5.41 Å². The number of nitrogens with zero attached hydrogens (tertiary/aromatic N) is 4. The van der Waals surface area contributed by atoms with Gasteiger partial charge in [-0.05, 0) is 39.8 Å². The van der Waals surface area contributed by atoms with Gasteiger partial charge in [0.1, 0.15) is 17.6 Å². The second-order valence-electron chi connectivity index (χ2n) is 8.38. The van der Waals surface area contributed by atoms with Gasteiger partial charge < -0.3 is 24.3 Å². The molecular weight excluding hydrogens is 449 g/mol. The number of aromatic nitrogens is 4. The molecule has 0 saturated carbocycles. The highest BCUT2D eigenvalue weighted by Crippen LogP contribution is 2.48. The number of nitrogen functional groups attached to an aromatic ring is 1. The molecule has 1 unspecified atom stereocenters. The van der Waals surface area contributed by atoms with Gasteiger partial charge in [0.25, 0.3) is 0 Å². The topological polar surface area (TPSA) is 141 Å². The first-order valence-corrected chi connectivity index (χ1v) is 12.0. The summed E-state index contributed by atoms with van der Waals surface area (Å²) in [6.07, 6.45) is 2.17. The number of para-hydroxylation sites is 1. The molecule has 0 aliphatic carbocycles. The van der Waals surface area contributed by atoms with Crippen molar-refractivity contribution in [2.75, 3.05) is 18.9 Å². The van der Waals surface area contributed by atoms with E-state index in [0.717, 1.165) is 0 Å². The minimum Gasteiger partial charge on any atom is -0.438 e. The van der Waals surface area contributed by atoms with Crippen LogP contribution >= 0.6 is 7.60 Å². The lowest BCUT2D eigenvalue weighted by Gasteiger charge is -2.22. The average Bonchev–Trinajstić information content (AvgIpc) is 3.16. The average molecular weight is 477 g/mol. The summed E-state index contributed by atoms with van der Waals surface area (Å²) < 4.78 is 37.0. The fraction of sp³-hybridized carbons (Fsp3) is 0.429. The summed E-state index contributed by atoms with van der Waals surface area (Å²) in [5, 5.41) is 0. The molecule has 0 bridgehead atoms. The Labute approximate surface area is 191 Å². The molecule has 3 rings (SSSR count). The summed E-state index contributed by atoms with van der Waals surface area (Å²) in [7, 11) is -3.82. The number of hydrogen-bond acceptors (Lipinski definition) is 10. The van der Waals surface area contributed by atoms with Crippen LogP contribution in [-0.4, -0.2) is 44.7 Å². The van der Waals surface area contributed by atoms with Crippen molar-refractivity contribution in [2.45, 2.75) is 40.3 Å². The lowest BCUT2D eigenvalue weighted by Crippen LogP contribution is -2.24. The zero-order valence-electron chi connectivity index (χ0n) is 19.0. The molecule has 11 nitrogen and oxygen atoms in total. The van der Waals surface area contributed by atoms with Gasteiger partial charge in [-0.25, -0.2) is 19.5 Å². The predicted octanol–water partition coefficient (Wildman–Crippen LogP) is 3.61. The fourth-order valence-corrected chi connectivity index (χ4v) is 3.96. The number of fused-ring (bicyclic) bond motifs is 1. The van der Waals surface area contributed by atoms with Crippen LogP contribution < -0.4 is 10.3 Å². The molecule has 3 aromatic rings. The van der Waals surface area contributed by atoms with Crippen LogP contribution in [0.15, 0.2) is 43.0 Å². The maximum absolute atomic E-state index is 13.4. The van der Waals surface area contributed by atoms with Gasteiger partial charge in [0, 0.05) is 0 Å². The SMILES string of the molecule is C[C@H](Cn1cnc2c(N)ncnc21)OCP(=O)(OCOC(=O)C(C)(C)C)Oc1ccccc1. The molecule has 178 valence electrons. The Hall–Kier alpha value is -3.01. The van der Waals surface area contributed by atoms with Crippen molar-refractivity contribution in [1.29, 1.82) is 0 Å². The van der Waals surface area contributed by atoms with E-state index < -0.39 is 31.9 Å². The van der Waals surface area contributed by atoms with Gasteiger partial charge >= 0.3 is 13.6 Å². The molecule has 0 aliphatic heterocycles. The monoisotopic (exact) mass is 477 g/mol. The molecule has 0 saturated heterocycles. The van der Waals surface area contributed by atoms with Crippen LogP contribution in [0.2, 0.25) is 0 Å². The van der Waals surface area contributed by atoms with Crippen LogP contribution in [0, 0.1) is 5.41 Å². The number of ether oxygens (including phenoxy) is 2. The summed E-state index contributed by atoms with van der Waals surface area (Å²) in [5.74, 6) is 0.134. The Morgan fingerprint density at radius 3 is 2.61 bits per heavy atom. The van der Waals surface area contributed by atoms with Crippen LogP contribution in [0.25, 0.3) is 11.2 Å². The Kier molecular flexibility index (Phi) is 7.68. The third kappa shape index (κ3) is 6.74. The van der Waals surface area contributed by atoms with Crippen LogP contribution in [0.1, 0.15) is 27.7 Å². The number of rotatable bonds is 10. The molecule has 2 aromatic heterocycles. The van der Waals surface area contributed by atoms with Gasteiger partial charge in [-0.1, -0.05) is 18.2 Å². The Balaban J connectivity index is 1.65. The Morgan fingerprint density at radius 1 is 1.18 bits per heavy atom. The van der Waals surface area contributed by atoms with Gasteiger partial charge in [0.2, 0.25) is 6.79 Å². The van der Waals surface area contributed by atoms with E-state index >= 15 is 0 Å². The predicted molar refractivity (Wildman–Crippen MR) is 121 cm³/mol. The number of esters is 1. The highest BCUT2D eigenvalue weighted by atomic mass is 31.2. The molecule has 12 heteroatoms. The molecule has 0 spiro atoms. The van der Waals surface area contributed by atoms with Crippen molar-refractivity contribution >= 4 is 30.5 Å². The number of carbonyl (C=O) groups is 1. The van der Waals surface area contributed by atoms with E-state index in [1.807, 2.05) is 0 Å². The maximum Gasteiger partial charge on any atom is 0.407 e. The van der Waals surface area contributed by atoms with Crippen LogP contribution in [-0.2, 0) is 29.9 Å². The zero-order valence-corrected chi connectivity index (χ0v) is 19.9. The third-order valence-corrected chi connectivity index (χ3v) is 5.89. The first kappa shape index (κ1) is 24.6. The van der Waals surface area contributed by atoms with E-state index in [9.17, 15) is 9.36 Å². The van der Waals surface area contributed by atoms with Gasteiger partial charge in [0.15, 0.2) is 17.8 Å². The van der Waals surface area contributed by atoms with Crippen molar-refractivity contribution in [3.8, 4) is 5.75 Å². The van der Waals surface area contributed by atoms with E-state index in [0.29, 0.717) is 23.5 Å². The van der Waals surface area contributed by atoms with Gasteiger partial charge in [0.05, 0.1) is 24.4 Å². The Bertz CT molecular complexity index is 1130. The molecule has 0 fully saturated rings. The molecule has 0 aliphatic rings. The molecular formula is C21H28N5O6P. The zero-order chi connectivity index (χ0) is 24.1. The summed E-state index contributed by atoms with van der Waals surface area (Å²) in [6.45, 7) is 6.75. The number of carbonyl (C=O) groups excluding carboxylic acids is 1. The highest BCUT2D eigenvalue weighted by molar-refractivity contribution is 7.54. The normalized spacial score (nSPS) is 14.5. The standard InChI is InChI=1S/C21H28N5O6P/c1-15(10-26-12-25-17-18(22)23-11-24-19(17)26)30-14-33(28,32-16-8-6-5-7-9-16)31-13-29-20(27)21(2,3)4/h5-9,11-12,15H,10,13-14H2,1-4H3,(H2,22,23,24)/t15-,33?/m1/s1. The first-order chi connectivity index (χ1) is 15.6.